The Morgan fingerprint density at radius 2 is 2.19 bits per heavy atom. The molecular formula is C17H25BrN2O. The number of nitrogens with one attached hydrogen (secondary N) is 1. The molecule has 1 aromatic rings. The first-order valence-corrected chi connectivity index (χ1v) is 8.90. The van der Waals surface area contributed by atoms with Gasteiger partial charge in [0.05, 0.1) is 6.10 Å². The highest BCUT2D eigenvalue weighted by molar-refractivity contribution is 9.10. The molecule has 0 amide bonds. The van der Waals surface area contributed by atoms with Crippen LogP contribution in [0.4, 0.5) is 5.69 Å². The van der Waals surface area contributed by atoms with Crippen molar-refractivity contribution in [3.05, 3.63) is 28.2 Å². The third-order valence-corrected chi connectivity index (χ3v) is 5.44. The zero-order valence-electron chi connectivity index (χ0n) is 12.7. The van der Waals surface area contributed by atoms with Crippen LogP contribution in [0.15, 0.2) is 22.7 Å². The van der Waals surface area contributed by atoms with E-state index >= 15 is 0 Å². The molecular weight excluding hydrogens is 328 g/mol. The minimum Gasteiger partial charge on any atom is -0.393 e. The minimum atomic E-state index is -0.0891. The van der Waals surface area contributed by atoms with Crippen molar-refractivity contribution >= 4 is 21.6 Å². The number of benzene rings is 1. The Morgan fingerprint density at radius 3 is 2.95 bits per heavy atom. The Labute approximate surface area is 135 Å². The maximum absolute atomic E-state index is 10.1. The van der Waals surface area contributed by atoms with E-state index in [1.807, 2.05) is 0 Å². The molecule has 2 fully saturated rings. The van der Waals surface area contributed by atoms with Crippen LogP contribution in [-0.2, 0) is 6.54 Å². The van der Waals surface area contributed by atoms with E-state index in [-0.39, 0.29) is 6.10 Å². The molecule has 1 aliphatic heterocycles. The average molecular weight is 353 g/mol. The standard InChI is InChI=1S/C17H25BrN2O/c1-2-7-19-9-12-3-5-14(18)8-16(12)20-10-13-4-6-17(21)15(13)11-20/h3,5,8,13,15,17,19,21H,2,4,6-7,9-11H2,1H3. The number of halogens is 1. The highest BCUT2D eigenvalue weighted by Gasteiger charge is 2.42. The Balaban J connectivity index is 1.76. The first kappa shape index (κ1) is 15.3. The number of hydrogen-bond acceptors (Lipinski definition) is 3. The lowest BCUT2D eigenvalue weighted by Gasteiger charge is -2.24. The first-order valence-electron chi connectivity index (χ1n) is 8.11. The van der Waals surface area contributed by atoms with Gasteiger partial charge in [0.2, 0.25) is 0 Å². The summed E-state index contributed by atoms with van der Waals surface area (Å²) in [4.78, 5) is 2.48. The van der Waals surface area contributed by atoms with E-state index in [0.717, 1.165) is 43.5 Å². The number of anilines is 1. The maximum Gasteiger partial charge on any atom is 0.0588 e. The van der Waals surface area contributed by atoms with Gasteiger partial charge in [0, 0.05) is 35.7 Å². The Hall–Kier alpha value is -0.580. The van der Waals surface area contributed by atoms with Gasteiger partial charge in [-0.2, -0.15) is 0 Å². The van der Waals surface area contributed by atoms with E-state index in [9.17, 15) is 5.11 Å². The summed E-state index contributed by atoms with van der Waals surface area (Å²) in [5.41, 5.74) is 2.69. The van der Waals surface area contributed by atoms with Crippen LogP contribution in [-0.4, -0.2) is 30.8 Å². The molecule has 2 N–H and O–H groups in total. The van der Waals surface area contributed by atoms with Gasteiger partial charge in [0.25, 0.3) is 0 Å². The molecule has 3 atom stereocenters. The van der Waals surface area contributed by atoms with Crippen molar-refractivity contribution in [1.29, 1.82) is 0 Å². The molecule has 2 aliphatic rings. The van der Waals surface area contributed by atoms with Gasteiger partial charge in [0.15, 0.2) is 0 Å². The molecule has 0 bridgehead atoms. The SMILES string of the molecule is CCCNCc1ccc(Br)cc1N1CC2CCC(O)C2C1. The van der Waals surface area contributed by atoms with E-state index in [0.29, 0.717) is 11.8 Å². The molecule has 4 heteroatoms. The normalized spacial score (nSPS) is 28.1. The van der Waals surface area contributed by atoms with Crippen LogP contribution >= 0.6 is 15.9 Å². The van der Waals surface area contributed by atoms with Gasteiger partial charge in [-0.15, -0.1) is 0 Å². The molecule has 1 heterocycles. The highest BCUT2D eigenvalue weighted by Crippen LogP contribution is 2.41. The van der Waals surface area contributed by atoms with Crippen molar-refractivity contribution < 1.29 is 5.11 Å². The fraction of sp³-hybridized carbons (Fsp3) is 0.647. The number of aliphatic hydroxyl groups is 1. The van der Waals surface area contributed by atoms with Gasteiger partial charge in [-0.25, -0.2) is 0 Å². The largest absolute Gasteiger partial charge is 0.393 e. The monoisotopic (exact) mass is 352 g/mol. The Bertz CT molecular complexity index is 494. The van der Waals surface area contributed by atoms with Crippen LogP contribution in [0.3, 0.4) is 0 Å². The summed E-state index contributed by atoms with van der Waals surface area (Å²) in [6, 6.07) is 6.57. The molecule has 3 nitrogen and oxygen atoms in total. The third-order valence-electron chi connectivity index (χ3n) is 4.95. The maximum atomic E-state index is 10.1. The van der Waals surface area contributed by atoms with Crippen LogP contribution in [0.5, 0.6) is 0 Å². The summed E-state index contributed by atoms with van der Waals surface area (Å²) < 4.78 is 1.13. The smallest absolute Gasteiger partial charge is 0.0588 e. The first-order chi connectivity index (χ1) is 10.2. The zero-order chi connectivity index (χ0) is 14.8. The summed E-state index contributed by atoms with van der Waals surface area (Å²) in [7, 11) is 0. The van der Waals surface area contributed by atoms with Crippen LogP contribution in [0.25, 0.3) is 0 Å². The molecule has 1 aliphatic carbocycles. The summed E-state index contributed by atoms with van der Waals surface area (Å²) in [5, 5.41) is 13.6. The predicted octanol–water partition coefficient (Wildman–Crippen LogP) is 3.16. The van der Waals surface area contributed by atoms with Crippen molar-refractivity contribution in [2.75, 3.05) is 24.5 Å². The lowest BCUT2D eigenvalue weighted by Crippen LogP contribution is -2.26. The second-order valence-electron chi connectivity index (χ2n) is 6.42. The summed E-state index contributed by atoms with van der Waals surface area (Å²) in [5.74, 6) is 1.15. The third kappa shape index (κ3) is 3.27. The number of aliphatic hydroxyl groups excluding tert-OH is 1. The topological polar surface area (TPSA) is 35.5 Å². The van der Waals surface area contributed by atoms with Crippen LogP contribution in [0.2, 0.25) is 0 Å². The Kier molecular flexibility index (Phi) is 4.87. The summed E-state index contributed by atoms with van der Waals surface area (Å²) in [6.45, 7) is 6.27. The summed E-state index contributed by atoms with van der Waals surface area (Å²) in [6.07, 6.45) is 3.24. The van der Waals surface area contributed by atoms with Crippen molar-refractivity contribution in [1.82, 2.24) is 5.32 Å². The van der Waals surface area contributed by atoms with E-state index in [1.54, 1.807) is 0 Å². The van der Waals surface area contributed by atoms with E-state index in [1.165, 1.54) is 17.7 Å². The van der Waals surface area contributed by atoms with Crippen molar-refractivity contribution in [2.24, 2.45) is 11.8 Å². The highest BCUT2D eigenvalue weighted by atomic mass is 79.9. The van der Waals surface area contributed by atoms with Crippen LogP contribution in [0.1, 0.15) is 31.7 Å². The molecule has 1 saturated carbocycles. The average Bonchev–Trinajstić information content (AvgIpc) is 3.03. The lowest BCUT2D eigenvalue weighted by molar-refractivity contribution is 0.133. The van der Waals surface area contributed by atoms with Crippen LogP contribution < -0.4 is 10.2 Å². The Morgan fingerprint density at radius 1 is 1.33 bits per heavy atom. The molecule has 3 unspecified atom stereocenters. The van der Waals surface area contributed by atoms with Crippen molar-refractivity contribution in [2.45, 2.75) is 38.8 Å². The van der Waals surface area contributed by atoms with Crippen LogP contribution in [0, 0.1) is 11.8 Å². The van der Waals surface area contributed by atoms with Gasteiger partial charge >= 0.3 is 0 Å². The number of hydrogen-bond donors (Lipinski definition) is 2. The van der Waals surface area contributed by atoms with Crippen molar-refractivity contribution in [3.8, 4) is 0 Å². The number of nitrogens with zero attached hydrogens (tertiary/aromatic N) is 1. The molecule has 1 aromatic carbocycles. The molecule has 21 heavy (non-hydrogen) atoms. The van der Waals surface area contributed by atoms with Gasteiger partial charge in [0.1, 0.15) is 0 Å². The number of fused-ring (bicyclic) bond motifs is 1. The molecule has 0 spiro atoms. The second-order valence-corrected chi connectivity index (χ2v) is 7.34. The van der Waals surface area contributed by atoms with E-state index in [2.05, 4.69) is 51.3 Å². The summed E-state index contributed by atoms with van der Waals surface area (Å²) >= 11 is 3.60. The van der Waals surface area contributed by atoms with Crippen molar-refractivity contribution in [3.63, 3.8) is 0 Å². The fourth-order valence-corrected chi connectivity index (χ4v) is 4.16. The number of rotatable bonds is 5. The molecule has 116 valence electrons. The van der Waals surface area contributed by atoms with Gasteiger partial charge in [-0.05, 0) is 49.4 Å². The fourth-order valence-electron chi connectivity index (χ4n) is 3.81. The quantitative estimate of drug-likeness (QED) is 0.799. The molecule has 3 rings (SSSR count). The minimum absolute atomic E-state index is 0.0891. The van der Waals surface area contributed by atoms with E-state index < -0.39 is 0 Å². The zero-order valence-corrected chi connectivity index (χ0v) is 14.3. The van der Waals surface area contributed by atoms with Gasteiger partial charge in [-0.3, -0.25) is 0 Å². The molecule has 0 aromatic heterocycles. The lowest BCUT2D eigenvalue weighted by atomic mass is 10.00. The predicted molar refractivity (Wildman–Crippen MR) is 90.6 cm³/mol. The molecule has 0 radical (unpaired) electrons. The van der Waals surface area contributed by atoms with Gasteiger partial charge in [-0.1, -0.05) is 28.9 Å². The van der Waals surface area contributed by atoms with E-state index in [4.69, 9.17) is 0 Å². The molecule has 1 saturated heterocycles. The van der Waals surface area contributed by atoms with Gasteiger partial charge < -0.3 is 15.3 Å². The second kappa shape index (κ2) is 6.67.